The van der Waals surface area contributed by atoms with Crippen LogP contribution in [0.25, 0.3) is 0 Å². The van der Waals surface area contributed by atoms with E-state index >= 15 is 0 Å². The number of guanidine groups is 1. The third-order valence-corrected chi connectivity index (χ3v) is 1.86. The third kappa shape index (κ3) is 5.60. The van der Waals surface area contributed by atoms with E-state index in [9.17, 15) is 4.39 Å². The molecule has 0 unspecified atom stereocenters. The van der Waals surface area contributed by atoms with Crippen LogP contribution in [0.3, 0.4) is 0 Å². The predicted octanol–water partition coefficient (Wildman–Crippen LogP) is 0.897. The van der Waals surface area contributed by atoms with Crippen LogP contribution >= 0.6 is 0 Å². The van der Waals surface area contributed by atoms with Crippen molar-refractivity contribution in [1.29, 1.82) is 5.41 Å². The molecule has 0 saturated carbocycles. The number of benzene rings is 1. The molecule has 6 heteroatoms. The maximum Gasteiger partial charge on any atom is 0.185 e. The molecule has 1 aromatic rings. The molecule has 5 nitrogen and oxygen atoms in total. The smallest absolute Gasteiger partial charge is 0.185 e. The lowest BCUT2D eigenvalue weighted by molar-refractivity contribution is 0.272. The molecule has 0 fully saturated rings. The van der Waals surface area contributed by atoms with E-state index in [1.165, 1.54) is 0 Å². The maximum atomic E-state index is 11.8. The summed E-state index contributed by atoms with van der Waals surface area (Å²) in [7, 11) is 0. The molecule has 0 heterocycles. The van der Waals surface area contributed by atoms with Gasteiger partial charge in [0.1, 0.15) is 31.4 Å². The molecule has 0 aliphatic heterocycles. The van der Waals surface area contributed by atoms with E-state index in [4.69, 9.17) is 20.6 Å². The van der Waals surface area contributed by atoms with Crippen LogP contribution in [0.15, 0.2) is 24.3 Å². The van der Waals surface area contributed by atoms with E-state index in [1.807, 2.05) is 0 Å². The summed E-state index contributed by atoms with van der Waals surface area (Å²) in [5.74, 6) is 1.21. The van der Waals surface area contributed by atoms with Crippen LogP contribution in [0.1, 0.15) is 0 Å². The Balaban J connectivity index is 2.27. The minimum Gasteiger partial charge on any atom is -0.492 e. The second kappa shape index (κ2) is 7.32. The summed E-state index contributed by atoms with van der Waals surface area (Å²) < 4.78 is 22.3. The second-order valence-corrected chi connectivity index (χ2v) is 3.20. The second-order valence-electron chi connectivity index (χ2n) is 3.20. The number of alkyl halides is 1. The lowest BCUT2D eigenvalue weighted by Crippen LogP contribution is -2.33. The van der Waals surface area contributed by atoms with Gasteiger partial charge in [0.2, 0.25) is 0 Å². The lowest BCUT2D eigenvalue weighted by atomic mass is 10.3. The number of hydrogen-bond donors (Lipinski definition) is 3. The van der Waals surface area contributed by atoms with Crippen molar-refractivity contribution in [3.05, 3.63) is 24.3 Å². The third-order valence-electron chi connectivity index (χ3n) is 1.86. The lowest BCUT2D eigenvalue weighted by Gasteiger charge is -2.08. The number of nitrogens with one attached hydrogen (secondary N) is 2. The molecule has 1 rings (SSSR count). The van der Waals surface area contributed by atoms with Crippen LogP contribution in [0.2, 0.25) is 0 Å². The molecular weight excluding hydrogens is 225 g/mol. The molecule has 17 heavy (non-hydrogen) atoms. The van der Waals surface area contributed by atoms with Gasteiger partial charge in [-0.15, -0.1) is 0 Å². The van der Waals surface area contributed by atoms with Crippen LogP contribution in [0.4, 0.5) is 4.39 Å². The summed E-state index contributed by atoms with van der Waals surface area (Å²) in [6, 6.07) is 6.90. The first kappa shape index (κ1) is 13.1. The van der Waals surface area contributed by atoms with Gasteiger partial charge in [-0.25, -0.2) is 4.39 Å². The van der Waals surface area contributed by atoms with Crippen molar-refractivity contribution in [3.8, 4) is 11.5 Å². The van der Waals surface area contributed by atoms with Gasteiger partial charge in [-0.05, 0) is 24.3 Å². The number of ether oxygens (including phenoxy) is 2. The number of nitrogens with two attached hydrogens (primary N) is 1. The highest BCUT2D eigenvalue weighted by Crippen LogP contribution is 2.17. The number of hydrogen-bond acceptors (Lipinski definition) is 3. The van der Waals surface area contributed by atoms with E-state index in [1.54, 1.807) is 24.3 Å². The highest BCUT2D eigenvalue weighted by atomic mass is 19.1. The van der Waals surface area contributed by atoms with Crippen LogP contribution in [0.5, 0.6) is 11.5 Å². The zero-order chi connectivity index (χ0) is 12.5. The molecular formula is C11H16FN3O2. The maximum absolute atomic E-state index is 11.8. The van der Waals surface area contributed by atoms with E-state index in [0.717, 1.165) is 0 Å². The fourth-order valence-electron chi connectivity index (χ4n) is 1.14. The van der Waals surface area contributed by atoms with Gasteiger partial charge in [0.25, 0.3) is 0 Å². The summed E-state index contributed by atoms with van der Waals surface area (Å²) >= 11 is 0. The molecule has 0 bridgehead atoms. The minimum absolute atomic E-state index is 0.0583. The van der Waals surface area contributed by atoms with Crippen molar-refractivity contribution in [2.45, 2.75) is 0 Å². The SMILES string of the molecule is N=C(N)NCCOc1ccc(OCCF)cc1. The van der Waals surface area contributed by atoms with Gasteiger partial charge in [0.05, 0.1) is 6.54 Å². The van der Waals surface area contributed by atoms with Crippen LogP contribution in [-0.2, 0) is 0 Å². The van der Waals surface area contributed by atoms with Gasteiger partial charge in [0, 0.05) is 0 Å². The standard InChI is InChI=1S/C11H16FN3O2/c12-5-7-16-9-1-3-10(4-2-9)17-8-6-15-11(13)14/h1-4H,5-8H2,(H4,13,14,15). The van der Waals surface area contributed by atoms with Crippen molar-refractivity contribution >= 4 is 5.96 Å². The van der Waals surface area contributed by atoms with Crippen molar-refractivity contribution in [2.75, 3.05) is 26.4 Å². The monoisotopic (exact) mass is 241 g/mol. The molecule has 0 aromatic heterocycles. The van der Waals surface area contributed by atoms with Gasteiger partial charge in [-0.2, -0.15) is 0 Å². The Morgan fingerprint density at radius 1 is 1.18 bits per heavy atom. The summed E-state index contributed by atoms with van der Waals surface area (Å²) in [4.78, 5) is 0. The van der Waals surface area contributed by atoms with E-state index in [0.29, 0.717) is 24.7 Å². The quantitative estimate of drug-likeness (QED) is 0.376. The summed E-state index contributed by atoms with van der Waals surface area (Å²) in [6.45, 7) is 0.428. The van der Waals surface area contributed by atoms with Gasteiger partial charge in [0.15, 0.2) is 5.96 Å². The molecule has 94 valence electrons. The molecule has 0 aliphatic carbocycles. The van der Waals surface area contributed by atoms with Gasteiger partial charge in [-0.3, -0.25) is 5.41 Å². The van der Waals surface area contributed by atoms with Gasteiger partial charge in [-0.1, -0.05) is 0 Å². The molecule has 0 radical (unpaired) electrons. The van der Waals surface area contributed by atoms with E-state index in [2.05, 4.69) is 5.32 Å². The van der Waals surface area contributed by atoms with Crippen molar-refractivity contribution in [3.63, 3.8) is 0 Å². The highest BCUT2D eigenvalue weighted by Gasteiger charge is 1.96. The predicted molar refractivity (Wildman–Crippen MR) is 63.3 cm³/mol. The Kier molecular flexibility index (Phi) is 5.63. The average molecular weight is 241 g/mol. The summed E-state index contributed by atoms with van der Waals surface area (Å²) in [5, 5.41) is 9.56. The van der Waals surface area contributed by atoms with Gasteiger partial charge < -0.3 is 20.5 Å². The Bertz CT molecular complexity index is 343. The van der Waals surface area contributed by atoms with Crippen molar-refractivity contribution in [1.82, 2.24) is 5.32 Å². The van der Waals surface area contributed by atoms with Crippen LogP contribution < -0.4 is 20.5 Å². The minimum atomic E-state index is -0.505. The molecule has 0 aliphatic rings. The van der Waals surface area contributed by atoms with Crippen LogP contribution in [-0.4, -0.2) is 32.4 Å². The number of rotatable bonds is 7. The summed E-state index contributed by atoms with van der Waals surface area (Å²) in [6.07, 6.45) is 0. The Hall–Kier alpha value is -1.98. The fourth-order valence-corrected chi connectivity index (χ4v) is 1.14. The largest absolute Gasteiger partial charge is 0.492 e. The zero-order valence-electron chi connectivity index (χ0n) is 9.41. The first-order valence-corrected chi connectivity index (χ1v) is 5.22. The summed E-state index contributed by atoms with van der Waals surface area (Å²) in [5.41, 5.74) is 5.11. The molecule has 0 saturated heterocycles. The van der Waals surface area contributed by atoms with Crippen molar-refractivity contribution in [2.24, 2.45) is 5.73 Å². The molecule has 4 N–H and O–H groups in total. The number of halogens is 1. The first-order chi connectivity index (χ1) is 8.22. The Morgan fingerprint density at radius 2 is 1.71 bits per heavy atom. The highest BCUT2D eigenvalue weighted by molar-refractivity contribution is 5.74. The average Bonchev–Trinajstić information content (AvgIpc) is 2.33. The Morgan fingerprint density at radius 3 is 2.18 bits per heavy atom. The molecule has 0 amide bonds. The molecule has 0 atom stereocenters. The van der Waals surface area contributed by atoms with Crippen LogP contribution in [0, 0.1) is 5.41 Å². The molecule has 1 aromatic carbocycles. The van der Waals surface area contributed by atoms with Gasteiger partial charge >= 0.3 is 0 Å². The zero-order valence-corrected chi connectivity index (χ0v) is 9.41. The van der Waals surface area contributed by atoms with E-state index in [-0.39, 0.29) is 12.6 Å². The van der Waals surface area contributed by atoms with Crippen molar-refractivity contribution < 1.29 is 13.9 Å². The topological polar surface area (TPSA) is 80.4 Å². The Labute approximate surface area is 99.2 Å². The normalized spacial score (nSPS) is 9.71. The fraction of sp³-hybridized carbons (Fsp3) is 0.364. The molecule has 0 spiro atoms. The first-order valence-electron chi connectivity index (χ1n) is 5.22. The van der Waals surface area contributed by atoms with E-state index < -0.39 is 6.67 Å².